The van der Waals surface area contributed by atoms with E-state index in [9.17, 15) is 0 Å². The fourth-order valence-electron chi connectivity index (χ4n) is 1.94. The lowest BCUT2D eigenvalue weighted by molar-refractivity contribution is 0.213. The minimum atomic E-state index is 0.527. The summed E-state index contributed by atoms with van der Waals surface area (Å²) in [7, 11) is 0. The van der Waals surface area contributed by atoms with Crippen LogP contribution in [0.3, 0.4) is 0 Å². The molecule has 0 amide bonds. The molecule has 1 unspecified atom stereocenters. The zero-order valence-electron chi connectivity index (χ0n) is 9.40. The molecule has 1 atom stereocenters. The van der Waals surface area contributed by atoms with E-state index >= 15 is 0 Å². The van der Waals surface area contributed by atoms with Crippen molar-refractivity contribution in [2.45, 2.75) is 33.2 Å². The van der Waals surface area contributed by atoms with E-state index in [-0.39, 0.29) is 0 Å². The van der Waals surface area contributed by atoms with Gasteiger partial charge in [0.1, 0.15) is 0 Å². The Morgan fingerprint density at radius 3 is 2.43 bits per heavy atom. The van der Waals surface area contributed by atoms with E-state index < -0.39 is 0 Å². The van der Waals surface area contributed by atoms with Crippen LogP contribution >= 0.6 is 0 Å². The van der Waals surface area contributed by atoms with Crippen LogP contribution in [0.1, 0.15) is 38.8 Å². The molecule has 0 radical (unpaired) electrons. The summed E-state index contributed by atoms with van der Waals surface area (Å²) in [5.74, 6) is 0. The van der Waals surface area contributed by atoms with E-state index in [4.69, 9.17) is 0 Å². The summed E-state index contributed by atoms with van der Waals surface area (Å²) in [6.07, 6.45) is 4.96. The molecule has 1 heterocycles. The van der Waals surface area contributed by atoms with Gasteiger partial charge in [0.25, 0.3) is 0 Å². The Morgan fingerprint density at radius 2 is 2.00 bits per heavy atom. The van der Waals surface area contributed by atoms with Crippen molar-refractivity contribution in [3.8, 4) is 0 Å². The number of nitrogens with zero attached hydrogens (tertiary/aromatic N) is 2. The first-order valence-electron chi connectivity index (χ1n) is 5.47. The van der Waals surface area contributed by atoms with Crippen molar-refractivity contribution in [3.63, 3.8) is 0 Å². The SMILES string of the molecule is CCC(c1cccnc1)N(CC)CC. The van der Waals surface area contributed by atoms with E-state index in [1.54, 1.807) is 0 Å². The molecule has 0 aromatic carbocycles. The first-order valence-corrected chi connectivity index (χ1v) is 5.47. The predicted molar refractivity (Wildman–Crippen MR) is 60.2 cm³/mol. The van der Waals surface area contributed by atoms with Gasteiger partial charge in [0, 0.05) is 18.4 Å². The molecule has 78 valence electrons. The molecule has 0 aliphatic heterocycles. The van der Waals surface area contributed by atoms with Crippen LogP contribution in [-0.2, 0) is 0 Å². The fraction of sp³-hybridized carbons (Fsp3) is 0.583. The van der Waals surface area contributed by atoms with E-state index in [0.29, 0.717) is 6.04 Å². The molecule has 2 heteroatoms. The fourth-order valence-corrected chi connectivity index (χ4v) is 1.94. The highest BCUT2D eigenvalue weighted by molar-refractivity contribution is 5.13. The molecule has 0 saturated carbocycles. The van der Waals surface area contributed by atoms with Crippen molar-refractivity contribution in [2.75, 3.05) is 13.1 Å². The lowest BCUT2D eigenvalue weighted by Crippen LogP contribution is -2.28. The van der Waals surface area contributed by atoms with Crippen LogP contribution in [0.15, 0.2) is 24.5 Å². The smallest absolute Gasteiger partial charge is 0.0360 e. The van der Waals surface area contributed by atoms with E-state index in [1.807, 2.05) is 18.5 Å². The lowest BCUT2D eigenvalue weighted by Gasteiger charge is -2.28. The molecule has 0 bridgehead atoms. The summed E-state index contributed by atoms with van der Waals surface area (Å²) < 4.78 is 0. The van der Waals surface area contributed by atoms with Gasteiger partial charge in [-0.1, -0.05) is 26.8 Å². The van der Waals surface area contributed by atoms with Crippen LogP contribution in [0.4, 0.5) is 0 Å². The molecule has 1 aromatic rings. The van der Waals surface area contributed by atoms with E-state index in [0.717, 1.165) is 19.5 Å². The van der Waals surface area contributed by atoms with Crippen LogP contribution in [0.25, 0.3) is 0 Å². The molecule has 1 rings (SSSR count). The van der Waals surface area contributed by atoms with Gasteiger partial charge in [0.15, 0.2) is 0 Å². The summed E-state index contributed by atoms with van der Waals surface area (Å²) in [4.78, 5) is 6.65. The number of aromatic nitrogens is 1. The third-order valence-corrected chi connectivity index (χ3v) is 2.71. The maximum atomic E-state index is 4.18. The molecule has 2 nitrogen and oxygen atoms in total. The van der Waals surface area contributed by atoms with Crippen LogP contribution in [-0.4, -0.2) is 23.0 Å². The normalized spacial score (nSPS) is 13.1. The highest BCUT2D eigenvalue weighted by Gasteiger charge is 2.15. The number of hydrogen-bond donors (Lipinski definition) is 0. The maximum Gasteiger partial charge on any atom is 0.0360 e. The van der Waals surface area contributed by atoms with Crippen LogP contribution in [0, 0.1) is 0 Å². The summed E-state index contributed by atoms with van der Waals surface area (Å²) in [5, 5.41) is 0. The van der Waals surface area contributed by atoms with Gasteiger partial charge in [-0.3, -0.25) is 9.88 Å². The van der Waals surface area contributed by atoms with Gasteiger partial charge in [0.2, 0.25) is 0 Å². The van der Waals surface area contributed by atoms with Gasteiger partial charge in [0.05, 0.1) is 0 Å². The second-order valence-corrected chi connectivity index (χ2v) is 3.43. The van der Waals surface area contributed by atoms with Crippen molar-refractivity contribution in [3.05, 3.63) is 30.1 Å². The number of rotatable bonds is 5. The summed E-state index contributed by atoms with van der Waals surface area (Å²) in [5.41, 5.74) is 1.33. The largest absolute Gasteiger partial charge is 0.297 e. The highest BCUT2D eigenvalue weighted by atomic mass is 15.1. The monoisotopic (exact) mass is 192 g/mol. The number of pyridine rings is 1. The Labute approximate surface area is 87.0 Å². The molecule has 0 aliphatic carbocycles. The van der Waals surface area contributed by atoms with Crippen LogP contribution in [0.5, 0.6) is 0 Å². The van der Waals surface area contributed by atoms with Gasteiger partial charge in [-0.2, -0.15) is 0 Å². The summed E-state index contributed by atoms with van der Waals surface area (Å²) in [6, 6.07) is 4.71. The summed E-state index contributed by atoms with van der Waals surface area (Å²) in [6.45, 7) is 8.86. The average molecular weight is 192 g/mol. The Kier molecular flexibility index (Phi) is 4.60. The molecular weight excluding hydrogens is 172 g/mol. The Balaban J connectivity index is 2.81. The van der Waals surface area contributed by atoms with Gasteiger partial charge >= 0.3 is 0 Å². The minimum Gasteiger partial charge on any atom is -0.297 e. The van der Waals surface area contributed by atoms with Crippen LogP contribution < -0.4 is 0 Å². The first-order chi connectivity index (χ1) is 6.83. The third kappa shape index (κ3) is 2.55. The molecule has 0 N–H and O–H groups in total. The van der Waals surface area contributed by atoms with Crippen molar-refractivity contribution < 1.29 is 0 Å². The second-order valence-electron chi connectivity index (χ2n) is 3.43. The van der Waals surface area contributed by atoms with Crippen molar-refractivity contribution >= 4 is 0 Å². The first kappa shape index (κ1) is 11.2. The highest BCUT2D eigenvalue weighted by Crippen LogP contribution is 2.22. The second kappa shape index (κ2) is 5.76. The minimum absolute atomic E-state index is 0.527. The molecule has 14 heavy (non-hydrogen) atoms. The number of hydrogen-bond acceptors (Lipinski definition) is 2. The quantitative estimate of drug-likeness (QED) is 0.713. The topological polar surface area (TPSA) is 16.1 Å². The van der Waals surface area contributed by atoms with Crippen LogP contribution in [0.2, 0.25) is 0 Å². The van der Waals surface area contributed by atoms with Gasteiger partial charge in [-0.25, -0.2) is 0 Å². The molecule has 0 fully saturated rings. The summed E-state index contributed by atoms with van der Waals surface area (Å²) >= 11 is 0. The Bertz CT molecular complexity index is 242. The van der Waals surface area contributed by atoms with Gasteiger partial charge in [-0.15, -0.1) is 0 Å². The third-order valence-electron chi connectivity index (χ3n) is 2.71. The molecule has 0 spiro atoms. The maximum absolute atomic E-state index is 4.18. The standard InChI is InChI=1S/C12H20N2/c1-4-12(14(5-2)6-3)11-8-7-9-13-10-11/h7-10,12H,4-6H2,1-3H3. The van der Waals surface area contributed by atoms with Gasteiger partial charge in [-0.05, 0) is 31.1 Å². The molecular formula is C12H20N2. The lowest BCUT2D eigenvalue weighted by atomic mass is 10.1. The zero-order chi connectivity index (χ0) is 10.4. The van der Waals surface area contributed by atoms with Gasteiger partial charge < -0.3 is 0 Å². The molecule has 1 aromatic heterocycles. The molecule has 0 saturated heterocycles. The van der Waals surface area contributed by atoms with E-state index in [1.165, 1.54) is 5.56 Å². The van der Waals surface area contributed by atoms with Crippen molar-refractivity contribution in [2.24, 2.45) is 0 Å². The predicted octanol–water partition coefficient (Wildman–Crippen LogP) is 2.87. The Hall–Kier alpha value is -0.890. The van der Waals surface area contributed by atoms with Crippen molar-refractivity contribution in [1.82, 2.24) is 9.88 Å². The Morgan fingerprint density at radius 1 is 1.29 bits per heavy atom. The molecule has 0 aliphatic rings. The average Bonchev–Trinajstić information content (AvgIpc) is 2.27. The van der Waals surface area contributed by atoms with Crippen molar-refractivity contribution in [1.29, 1.82) is 0 Å². The zero-order valence-corrected chi connectivity index (χ0v) is 9.40. The van der Waals surface area contributed by atoms with E-state index in [2.05, 4.69) is 36.7 Å².